The minimum atomic E-state index is -0.474. The van der Waals surface area contributed by atoms with E-state index in [1.807, 2.05) is 30.3 Å². The van der Waals surface area contributed by atoms with Crippen LogP contribution in [0.15, 0.2) is 30.3 Å². The van der Waals surface area contributed by atoms with Crippen molar-refractivity contribution < 1.29 is 42.7 Å². The van der Waals surface area contributed by atoms with Crippen LogP contribution in [0.2, 0.25) is 0 Å². The SMILES string of the molecule is COC(=O)COCCOCCOCCOCCOCCNC(=O)OCc1ccccc1. The second-order valence-electron chi connectivity index (χ2n) is 6.07. The van der Waals surface area contributed by atoms with Crippen LogP contribution in [0.4, 0.5) is 4.79 Å². The second kappa shape index (κ2) is 19.7. The van der Waals surface area contributed by atoms with Gasteiger partial charge in [-0.05, 0) is 5.56 Å². The average molecular weight is 443 g/mol. The zero-order valence-corrected chi connectivity index (χ0v) is 18.0. The molecular weight excluding hydrogens is 410 g/mol. The summed E-state index contributed by atoms with van der Waals surface area (Å²) in [6, 6.07) is 9.47. The number of amides is 1. The molecule has 0 saturated carbocycles. The Morgan fingerprint density at radius 2 is 1.26 bits per heavy atom. The first-order chi connectivity index (χ1) is 15.2. The van der Waals surface area contributed by atoms with Crippen molar-refractivity contribution in [2.45, 2.75) is 6.61 Å². The molecule has 10 heteroatoms. The first kappa shape index (κ1) is 26.8. The lowest BCUT2D eigenvalue weighted by Gasteiger charge is -2.09. The summed E-state index contributed by atoms with van der Waals surface area (Å²) >= 11 is 0. The predicted octanol–water partition coefficient (Wildman–Crippen LogP) is 1.17. The van der Waals surface area contributed by atoms with Gasteiger partial charge in [0.05, 0.1) is 66.6 Å². The molecule has 0 aliphatic carbocycles. The fourth-order valence-corrected chi connectivity index (χ4v) is 2.09. The maximum atomic E-state index is 11.5. The van der Waals surface area contributed by atoms with Crippen molar-refractivity contribution in [2.75, 3.05) is 79.7 Å². The predicted molar refractivity (Wildman–Crippen MR) is 111 cm³/mol. The van der Waals surface area contributed by atoms with Crippen LogP contribution < -0.4 is 5.32 Å². The molecule has 0 saturated heterocycles. The number of alkyl carbamates (subject to hydrolysis) is 1. The molecule has 0 atom stereocenters. The largest absolute Gasteiger partial charge is 0.467 e. The number of carbonyl (C=O) groups excluding carboxylic acids is 2. The van der Waals surface area contributed by atoms with Crippen LogP contribution in [0.5, 0.6) is 0 Å². The van der Waals surface area contributed by atoms with E-state index in [0.29, 0.717) is 66.0 Å². The third-order valence-electron chi connectivity index (χ3n) is 3.66. The fraction of sp³-hybridized carbons (Fsp3) is 0.619. The molecule has 0 heterocycles. The lowest BCUT2D eigenvalue weighted by molar-refractivity contribution is -0.146. The number of rotatable bonds is 19. The zero-order valence-electron chi connectivity index (χ0n) is 18.0. The Kier molecular flexibility index (Phi) is 17.0. The van der Waals surface area contributed by atoms with Crippen LogP contribution in [0.3, 0.4) is 0 Å². The standard InChI is InChI=1S/C21H33NO9/c1-25-20(23)18-30-16-15-29-14-13-28-12-11-27-10-9-26-8-7-22-21(24)31-17-19-5-3-2-4-6-19/h2-6H,7-18H2,1H3,(H,22,24). The van der Waals surface area contributed by atoms with Crippen molar-refractivity contribution in [2.24, 2.45) is 0 Å². The minimum Gasteiger partial charge on any atom is -0.467 e. The molecule has 1 aromatic carbocycles. The van der Waals surface area contributed by atoms with Crippen molar-refractivity contribution in [3.05, 3.63) is 35.9 Å². The van der Waals surface area contributed by atoms with Gasteiger partial charge in [-0.2, -0.15) is 0 Å². The Morgan fingerprint density at radius 1 is 0.742 bits per heavy atom. The lowest BCUT2D eigenvalue weighted by Crippen LogP contribution is -2.28. The molecule has 0 aromatic heterocycles. The highest BCUT2D eigenvalue weighted by Gasteiger charge is 2.02. The normalized spacial score (nSPS) is 10.6. The van der Waals surface area contributed by atoms with Gasteiger partial charge in [-0.15, -0.1) is 0 Å². The summed E-state index contributed by atoms with van der Waals surface area (Å²) in [6.45, 7) is 4.27. The molecule has 0 fully saturated rings. The molecular formula is C21H33NO9. The first-order valence-corrected chi connectivity index (χ1v) is 10.1. The molecule has 0 bridgehead atoms. The third kappa shape index (κ3) is 17.2. The van der Waals surface area contributed by atoms with Crippen molar-refractivity contribution in [3.8, 4) is 0 Å². The van der Waals surface area contributed by atoms with Gasteiger partial charge in [0.1, 0.15) is 13.2 Å². The molecule has 1 rings (SSSR count). The van der Waals surface area contributed by atoms with Gasteiger partial charge in [-0.3, -0.25) is 0 Å². The Bertz CT molecular complexity index is 571. The molecule has 1 N–H and O–H groups in total. The molecule has 31 heavy (non-hydrogen) atoms. The Morgan fingerprint density at radius 3 is 1.81 bits per heavy atom. The van der Waals surface area contributed by atoms with Gasteiger partial charge in [0.25, 0.3) is 0 Å². The van der Waals surface area contributed by atoms with E-state index in [1.54, 1.807) is 0 Å². The topological polar surface area (TPSA) is 111 Å². The molecule has 0 radical (unpaired) electrons. The van der Waals surface area contributed by atoms with Crippen molar-refractivity contribution in [3.63, 3.8) is 0 Å². The summed E-state index contributed by atoms with van der Waals surface area (Å²) in [7, 11) is 1.31. The Labute approximate surface area is 183 Å². The minimum absolute atomic E-state index is 0.0742. The van der Waals surface area contributed by atoms with Gasteiger partial charge in [-0.25, -0.2) is 9.59 Å². The van der Waals surface area contributed by atoms with E-state index in [0.717, 1.165) is 5.56 Å². The van der Waals surface area contributed by atoms with Crippen LogP contribution in [0.25, 0.3) is 0 Å². The first-order valence-electron chi connectivity index (χ1n) is 10.1. The summed E-state index contributed by atoms with van der Waals surface area (Å²) in [6.07, 6.45) is -0.474. The van der Waals surface area contributed by atoms with Crippen LogP contribution in [-0.2, 0) is 44.6 Å². The van der Waals surface area contributed by atoms with Gasteiger partial charge >= 0.3 is 12.1 Å². The number of carbonyl (C=O) groups is 2. The molecule has 176 valence electrons. The number of esters is 1. The summed E-state index contributed by atoms with van der Waals surface area (Å²) in [5.74, 6) is -0.412. The highest BCUT2D eigenvalue weighted by atomic mass is 16.6. The van der Waals surface area contributed by atoms with Crippen molar-refractivity contribution in [1.29, 1.82) is 0 Å². The van der Waals surface area contributed by atoms with E-state index in [1.165, 1.54) is 7.11 Å². The zero-order chi connectivity index (χ0) is 22.4. The van der Waals surface area contributed by atoms with E-state index < -0.39 is 12.1 Å². The second-order valence-corrected chi connectivity index (χ2v) is 6.07. The van der Waals surface area contributed by atoms with Gasteiger partial charge in [-0.1, -0.05) is 30.3 Å². The molecule has 10 nitrogen and oxygen atoms in total. The summed E-state index contributed by atoms with van der Waals surface area (Å²) in [5.41, 5.74) is 0.935. The summed E-state index contributed by atoms with van der Waals surface area (Å²) in [5, 5.41) is 2.62. The van der Waals surface area contributed by atoms with Crippen LogP contribution in [0.1, 0.15) is 5.56 Å². The number of nitrogens with one attached hydrogen (secondary N) is 1. The van der Waals surface area contributed by atoms with Crippen LogP contribution in [0, 0.1) is 0 Å². The van der Waals surface area contributed by atoms with Gasteiger partial charge in [0, 0.05) is 6.54 Å². The Balaban J connectivity index is 1.74. The summed E-state index contributed by atoms with van der Waals surface area (Å²) in [4.78, 5) is 22.3. The van der Waals surface area contributed by atoms with E-state index in [4.69, 9.17) is 28.4 Å². The highest BCUT2D eigenvalue weighted by molar-refractivity contribution is 5.70. The van der Waals surface area contributed by atoms with Crippen molar-refractivity contribution in [1.82, 2.24) is 5.32 Å². The van der Waals surface area contributed by atoms with Crippen LogP contribution >= 0.6 is 0 Å². The Hall–Kier alpha value is -2.24. The average Bonchev–Trinajstić information content (AvgIpc) is 2.80. The lowest BCUT2D eigenvalue weighted by atomic mass is 10.2. The van der Waals surface area contributed by atoms with Crippen LogP contribution in [-0.4, -0.2) is 91.8 Å². The number of hydrogen-bond acceptors (Lipinski definition) is 9. The van der Waals surface area contributed by atoms with E-state index in [9.17, 15) is 9.59 Å². The van der Waals surface area contributed by atoms with Gasteiger partial charge in [0.15, 0.2) is 0 Å². The molecule has 0 aliphatic heterocycles. The van der Waals surface area contributed by atoms with Gasteiger partial charge in [0.2, 0.25) is 0 Å². The number of benzene rings is 1. The van der Waals surface area contributed by atoms with E-state index in [-0.39, 0.29) is 13.2 Å². The number of ether oxygens (including phenoxy) is 7. The maximum Gasteiger partial charge on any atom is 0.407 e. The number of hydrogen-bond donors (Lipinski definition) is 1. The molecule has 1 aromatic rings. The molecule has 0 unspecified atom stereocenters. The maximum absolute atomic E-state index is 11.5. The monoisotopic (exact) mass is 443 g/mol. The quantitative estimate of drug-likeness (QED) is 0.249. The van der Waals surface area contributed by atoms with E-state index in [2.05, 4.69) is 10.1 Å². The van der Waals surface area contributed by atoms with Gasteiger partial charge < -0.3 is 38.5 Å². The number of methoxy groups -OCH3 is 1. The smallest absolute Gasteiger partial charge is 0.407 e. The van der Waals surface area contributed by atoms with E-state index >= 15 is 0 Å². The third-order valence-corrected chi connectivity index (χ3v) is 3.66. The highest BCUT2D eigenvalue weighted by Crippen LogP contribution is 2.00. The van der Waals surface area contributed by atoms with Crippen molar-refractivity contribution >= 4 is 12.1 Å². The fourth-order valence-electron chi connectivity index (χ4n) is 2.09. The molecule has 1 amide bonds. The summed E-state index contributed by atoms with van der Waals surface area (Å²) < 4.78 is 35.9. The molecule has 0 aliphatic rings. The molecule has 0 spiro atoms.